The maximum Gasteiger partial charge on any atom is 0.262 e. The molecule has 0 saturated carbocycles. The Bertz CT molecular complexity index is 2760. The first-order valence-corrected chi connectivity index (χ1v) is 20.5. The van der Waals surface area contributed by atoms with Crippen molar-refractivity contribution in [3.63, 3.8) is 0 Å². The Balaban J connectivity index is 1.21. The second-order valence-electron chi connectivity index (χ2n) is 14.1. The molecule has 0 aliphatic carbocycles. The van der Waals surface area contributed by atoms with Gasteiger partial charge in [0.2, 0.25) is 5.91 Å². The maximum atomic E-state index is 13.4. The van der Waals surface area contributed by atoms with E-state index in [9.17, 15) is 53.0 Å². The fourth-order valence-corrected chi connectivity index (χ4v) is 7.36. The average molecular weight is 875 g/mol. The fourth-order valence-electron chi connectivity index (χ4n) is 6.30. The molecule has 0 heterocycles. The first-order valence-electron chi connectivity index (χ1n) is 19.0. The summed E-state index contributed by atoms with van der Waals surface area (Å²) in [6, 6.07) is 24.6. The topological polar surface area (TPSA) is 259 Å². The van der Waals surface area contributed by atoms with E-state index in [4.69, 9.17) is 9.47 Å². The molecule has 6 N–H and O–H groups in total. The van der Waals surface area contributed by atoms with Crippen LogP contribution in [0.2, 0.25) is 0 Å². The van der Waals surface area contributed by atoms with Gasteiger partial charge in [0.25, 0.3) is 15.9 Å². The van der Waals surface area contributed by atoms with Gasteiger partial charge >= 0.3 is 0 Å². The van der Waals surface area contributed by atoms with Crippen molar-refractivity contribution in [1.29, 1.82) is 5.26 Å². The third-order valence-corrected chi connectivity index (χ3v) is 11.1. The number of hydrogen-bond donors (Lipinski definition) is 6. The summed E-state index contributed by atoms with van der Waals surface area (Å²) in [4.78, 5) is 64.0. The molecule has 0 aliphatic heterocycles. The number of allylic oxidation sites excluding steroid dienone is 1. The van der Waals surface area contributed by atoms with E-state index in [1.54, 1.807) is 49.4 Å². The number of benzene rings is 5. The Labute approximate surface area is 362 Å². The molecule has 5 aromatic rings. The summed E-state index contributed by atoms with van der Waals surface area (Å²) in [7, 11) is -2.00. The number of sulfonamides is 1. The smallest absolute Gasteiger partial charge is 0.262 e. The Kier molecular flexibility index (Phi) is 14.7. The van der Waals surface area contributed by atoms with Crippen molar-refractivity contribution in [2.24, 2.45) is 5.92 Å². The highest BCUT2D eigenvalue weighted by Crippen LogP contribution is 2.41. The van der Waals surface area contributed by atoms with E-state index in [1.807, 2.05) is 6.07 Å². The number of carbonyl (C=O) groups is 5. The van der Waals surface area contributed by atoms with Gasteiger partial charge in [-0.05, 0) is 97.3 Å². The number of anilines is 3. The lowest BCUT2D eigenvalue weighted by Crippen LogP contribution is -2.25. The standard InChI is InChI=1S/C46H42N4O12S/c1-26(23-28-7-13-33(52)14-8-28)39(53)24-29-5-9-30(10-6-29)40(54)25-31(21-22-47)45(57)48-32-11-15-34(16-12-32)63(59,60)50-38-20-18-36(42(56)44(38)62-4)46(58)49-37-19-17-35(27(2)51)41(55)43(37)61-3/h5-20,23,31,50,52,55-56H,21,24-25H2,1-4H3,(H,48,57)(H,49,58)/b26-23+/t31-/m1/s1. The van der Waals surface area contributed by atoms with Crippen LogP contribution in [0.25, 0.3) is 6.08 Å². The number of phenolic OH excluding ortho intramolecular Hbond substituents is 3. The van der Waals surface area contributed by atoms with Crippen molar-refractivity contribution < 1.29 is 57.2 Å². The van der Waals surface area contributed by atoms with Crippen molar-refractivity contribution in [1.82, 2.24) is 0 Å². The molecule has 324 valence electrons. The quantitative estimate of drug-likeness (QED) is 0.0382. The fraction of sp³-hybridized carbons (Fsp3) is 0.174. The monoisotopic (exact) mass is 874 g/mol. The zero-order valence-corrected chi connectivity index (χ0v) is 35.2. The Hall–Kier alpha value is -7.97. The first-order chi connectivity index (χ1) is 30.0. The molecule has 0 saturated heterocycles. The molecule has 1 atom stereocenters. The molecule has 5 rings (SSSR count). The minimum Gasteiger partial charge on any atom is -0.508 e. The van der Waals surface area contributed by atoms with Gasteiger partial charge in [0, 0.05) is 30.5 Å². The largest absolute Gasteiger partial charge is 0.508 e. The molecule has 5 aromatic carbocycles. The number of nitrogens with zero attached hydrogens (tertiary/aromatic N) is 1. The molecule has 0 aromatic heterocycles. The van der Waals surface area contributed by atoms with E-state index in [-0.39, 0.29) is 75.2 Å². The van der Waals surface area contributed by atoms with Crippen LogP contribution < -0.4 is 24.8 Å². The number of rotatable bonds is 18. The average Bonchev–Trinajstić information content (AvgIpc) is 3.24. The highest BCUT2D eigenvalue weighted by molar-refractivity contribution is 7.92. The van der Waals surface area contributed by atoms with Crippen molar-refractivity contribution in [3.8, 4) is 34.8 Å². The zero-order valence-electron chi connectivity index (χ0n) is 34.4. The number of methoxy groups -OCH3 is 2. The summed E-state index contributed by atoms with van der Waals surface area (Å²) >= 11 is 0. The number of ether oxygens (including phenoxy) is 2. The summed E-state index contributed by atoms with van der Waals surface area (Å²) in [5, 5.41) is 45.4. The van der Waals surface area contributed by atoms with Gasteiger partial charge in [-0.3, -0.25) is 28.7 Å². The van der Waals surface area contributed by atoms with Crippen LogP contribution in [0.4, 0.5) is 17.1 Å². The van der Waals surface area contributed by atoms with Crippen LogP contribution >= 0.6 is 0 Å². The predicted molar refractivity (Wildman–Crippen MR) is 233 cm³/mol. The minimum atomic E-state index is -4.36. The number of amides is 2. The lowest BCUT2D eigenvalue weighted by Gasteiger charge is -2.17. The molecule has 0 aliphatic rings. The number of hydrogen-bond acceptors (Lipinski definition) is 13. The van der Waals surface area contributed by atoms with Gasteiger partial charge in [-0.2, -0.15) is 5.26 Å². The zero-order chi connectivity index (χ0) is 46.0. The molecule has 63 heavy (non-hydrogen) atoms. The highest BCUT2D eigenvalue weighted by Gasteiger charge is 2.26. The minimum absolute atomic E-state index is 0.0248. The number of phenols is 3. The number of carbonyl (C=O) groups excluding carboxylic acids is 5. The number of ketones is 3. The summed E-state index contributed by atoms with van der Waals surface area (Å²) in [5.74, 6) is -5.28. The van der Waals surface area contributed by atoms with Gasteiger partial charge in [-0.1, -0.05) is 36.4 Å². The normalized spacial score (nSPS) is 11.7. The molecule has 0 unspecified atom stereocenters. The second kappa shape index (κ2) is 20.1. The van der Waals surface area contributed by atoms with E-state index in [0.29, 0.717) is 11.1 Å². The van der Waals surface area contributed by atoms with Crippen LogP contribution in [0, 0.1) is 17.2 Å². The molecule has 16 nitrogen and oxygen atoms in total. The molecule has 17 heteroatoms. The lowest BCUT2D eigenvalue weighted by molar-refractivity contribution is -0.119. The Morgan fingerprint density at radius 3 is 1.94 bits per heavy atom. The third kappa shape index (κ3) is 11.2. The molecule has 0 fully saturated rings. The highest BCUT2D eigenvalue weighted by atomic mass is 32.2. The van der Waals surface area contributed by atoms with Gasteiger partial charge in [0.15, 0.2) is 40.3 Å². The Morgan fingerprint density at radius 1 is 0.746 bits per heavy atom. The van der Waals surface area contributed by atoms with Crippen LogP contribution in [0.1, 0.15) is 68.9 Å². The summed E-state index contributed by atoms with van der Waals surface area (Å²) < 4.78 is 39.5. The summed E-state index contributed by atoms with van der Waals surface area (Å²) in [5.41, 5.74) is 1.75. The van der Waals surface area contributed by atoms with Crippen molar-refractivity contribution in [2.45, 2.75) is 38.0 Å². The lowest BCUT2D eigenvalue weighted by atomic mass is 9.94. The van der Waals surface area contributed by atoms with Crippen LogP contribution in [0.5, 0.6) is 28.7 Å². The maximum absolute atomic E-state index is 13.4. The van der Waals surface area contributed by atoms with E-state index in [1.165, 1.54) is 68.6 Å². The molecule has 2 amide bonds. The third-order valence-electron chi connectivity index (χ3n) is 9.72. The van der Waals surface area contributed by atoms with Crippen LogP contribution in [0.15, 0.2) is 108 Å². The van der Waals surface area contributed by atoms with E-state index >= 15 is 0 Å². The number of nitrogens with one attached hydrogen (secondary N) is 3. The SMILES string of the molecule is COc1c(NC(=O)c2ccc(NS(=O)(=O)c3ccc(NC(=O)[C@H](CC#N)CC(=O)c4ccc(CC(=O)/C(C)=C/c5ccc(O)cc5)cc4)cc3)c(OC)c2O)ccc(C(C)=O)c1O. The molecule has 0 radical (unpaired) electrons. The van der Waals surface area contributed by atoms with Gasteiger partial charge in [0.05, 0.1) is 53.6 Å². The van der Waals surface area contributed by atoms with E-state index in [0.717, 1.165) is 18.7 Å². The van der Waals surface area contributed by atoms with Gasteiger partial charge in [-0.25, -0.2) is 8.42 Å². The van der Waals surface area contributed by atoms with Crippen LogP contribution in [0.3, 0.4) is 0 Å². The van der Waals surface area contributed by atoms with Crippen LogP contribution in [-0.2, 0) is 26.0 Å². The van der Waals surface area contributed by atoms with Crippen molar-refractivity contribution in [2.75, 3.05) is 29.6 Å². The Morgan fingerprint density at radius 2 is 1.33 bits per heavy atom. The van der Waals surface area contributed by atoms with Crippen LogP contribution in [-0.4, -0.2) is 67.1 Å². The number of aromatic hydroxyl groups is 3. The molecule has 0 spiro atoms. The summed E-state index contributed by atoms with van der Waals surface area (Å²) in [6.45, 7) is 2.93. The first kappa shape index (κ1) is 46.1. The number of nitriles is 1. The molecular formula is C46H42N4O12S. The van der Waals surface area contributed by atoms with Crippen molar-refractivity contribution in [3.05, 3.63) is 130 Å². The van der Waals surface area contributed by atoms with Crippen molar-refractivity contribution >= 4 is 62.3 Å². The second-order valence-corrected chi connectivity index (χ2v) is 15.8. The summed E-state index contributed by atoms with van der Waals surface area (Å²) in [6.07, 6.45) is 1.21. The predicted octanol–water partition coefficient (Wildman–Crippen LogP) is 7.03. The van der Waals surface area contributed by atoms with E-state index in [2.05, 4.69) is 15.4 Å². The molecular weight excluding hydrogens is 833 g/mol. The molecule has 0 bridgehead atoms. The van der Waals surface area contributed by atoms with E-state index < -0.39 is 56.6 Å². The number of Topliss-reactive ketones (excluding diaryl/α,β-unsaturated/α-hetero) is 3. The van der Waals surface area contributed by atoms with Gasteiger partial charge < -0.3 is 35.4 Å². The van der Waals surface area contributed by atoms with Gasteiger partial charge in [-0.15, -0.1) is 0 Å². The van der Waals surface area contributed by atoms with Gasteiger partial charge in [0.1, 0.15) is 5.75 Å².